The number of rotatable bonds is 4. The van der Waals surface area contributed by atoms with E-state index in [1.165, 1.54) is 0 Å². The van der Waals surface area contributed by atoms with Gasteiger partial charge in [0.05, 0.1) is 22.0 Å². The lowest BCUT2D eigenvalue weighted by molar-refractivity contribution is -0.0864. The summed E-state index contributed by atoms with van der Waals surface area (Å²) < 4.78 is 6.97. The second-order valence-corrected chi connectivity index (χ2v) is 6.37. The van der Waals surface area contributed by atoms with Gasteiger partial charge < -0.3 is 15.8 Å². The first-order valence-electron chi connectivity index (χ1n) is 7.32. The third-order valence-electron chi connectivity index (χ3n) is 4.43. The minimum Gasteiger partial charge on any atom is -0.397 e. The number of anilines is 2. The van der Waals surface area contributed by atoms with Crippen molar-refractivity contribution < 1.29 is 4.74 Å². The van der Waals surface area contributed by atoms with Crippen LogP contribution >= 0.6 is 15.9 Å². The quantitative estimate of drug-likeness (QED) is 0.872. The Kier molecular flexibility index (Phi) is 4.91. The minimum absolute atomic E-state index is 0.0191. The molecule has 112 valence electrons. The molecule has 0 spiro atoms. The minimum atomic E-state index is 0.0191. The number of ether oxygens (including phenoxy) is 1. The summed E-state index contributed by atoms with van der Waals surface area (Å²) in [5, 5.41) is 3.55. The molecule has 1 atom stereocenters. The normalized spacial score (nSPS) is 21.7. The Hall–Kier alpha value is -0.810. The van der Waals surface area contributed by atoms with Gasteiger partial charge in [-0.2, -0.15) is 0 Å². The highest BCUT2D eigenvalue weighted by atomic mass is 79.9. The number of nitrogens with zero attached hydrogens (tertiary/aromatic N) is 1. The summed E-state index contributed by atoms with van der Waals surface area (Å²) in [5.41, 5.74) is 7.64. The molecule has 1 aliphatic rings. The van der Waals surface area contributed by atoms with Gasteiger partial charge in [-0.3, -0.25) is 0 Å². The summed E-state index contributed by atoms with van der Waals surface area (Å²) in [6.07, 6.45) is 5.86. The molecule has 1 aromatic heterocycles. The first-order valence-corrected chi connectivity index (χ1v) is 8.11. The highest BCUT2D eigenvalue weighted by molar-refractivity contribution is 9.10. The van der Waals surface area contributed by atoms with Crippen molar-refractivity contribution >= 4 is 27.4 Å². The fraction of sp³-hybridized carbons (Fsp3) is 0.667. The van der Waals surface area contributed by atoms with Gasteiger partial charge in [-0.1, -0.05) is 13.8 Å². The molecule has 0 saturated carbocycles. The number of hydrogen-bond acceptors (Lipinski definition) is 4. The highest BCUT2D eigenvalue weighted by Gasteiger charge is 2.34. The lowest BCUT2D eigenvalue weighted by Crippen LogP contribution is -2.43. The summed E-state index contributed by atoms with van der Waals surface area (Å²) in [6, 6.07) is 0.399. The van der Waals surface area contributed by atoms with Crippen molar-refractivity contribution in [3.63, 3.8) is 0 Å². The van der Waals surface area contributed by atoms with Crippen LogP contribution in [0.25, 0.3) is 0 Å². The Morgan fingerprint density at radius 2 is 2.20 bits per heavy atom. The second-order valence-electron chi connectivity index (χ2n) is 5.57. The molecule has 1 aliphatic heterocycles. The van der Waals surface area contributed by atoms with E-state index < -0.39 is 0 Å². The fourth-order valence-corrected chi connectivity index (χ4v) is 3.23. The van der Waals surface area contributed by atoms with Crippen molar-refractivity contribution in [2.45, 2.75) is 58.1 Å². The van der Waals surface area contributed by atoms with Crippen molar-refractivity contribution in [3.8, 4) is 0 Å². The van der Waals surface area contributed by atoms with Gasteiger partial charge in [0.2, 0.25) is 0 Å². The van der Waals surface area contributed by atoms with E-state index in [1.807, 2.05) is 6.92 Å². The fourth-order valence-electron chi connectivity index (χ4n) is 2.78. The number of aromatic nitrogens is 1. The van der Waals surface area contributed by atoms with Crippen molar-refractivity contribution in [3.05, 3.63) is 16.2 Å². The van der Waals surface area contributed by atoms with E-state index in [4.69, 9.17) is 10.5 Å². The number of pyridine rings is 1. The van der Waals surface area contributed by atoms with E-state index in [0.717, 1.165) is 48.1 Å². The third-order valence-corrected chi connectivity index (χ3v) is 5.40. The van der Waals surface area contributed by atoms with Crippen molar-refractivity contribution in [1.29, 1.82) is 0 Å². The van der Waals surface area contributed by atoms with Crippen LogP contribution < -0.4 is 11.1 Å². The van der Waals surface area contributed by atoms with Gasteiger partial charge in [-0.05, 0) is 54.1 Å². The van der Waals surface area contributed by atoms with Crippen LogP contribution in [-0.2, 0) is 4.74 Å². The molecular weight excluding hydrogens is 318 g/mol. The van der Waals surface area contributed by atoms with Gasteiger partial charge in [0.25, 0.3) is 0 Å². The number of nitrogens with one attached hydrogen (secondary N) is 1. The van der Waals surface area contributed by atoms with Crippen molar-refractivity contribution in [2.75, 3.05) is 17.7 Å². The zero-order chi connectivity index (χ0) is 14.8. The number of nitrogens with two attached hydrogens (primary N) is 1. The first-order chi connectivity index (χ1) is 9.51. The molecule has 2 rings (SSSR count). The lowest BCUT2D eigenvalue weighted by atomic mass is 9.86. The van der Waals surface area contributed by atoms with Gasteiger partial charge in [0.1, 0.15) is 5.82 Å². The van der Waals surface area contributed by atoms with Crippen LogP contribution in [0.4, 0.5) is 11.5 Å². The van der Waals surface area contributed by atoms with Crippen LogP contribution in [0.3, 0.4) is 0 Å². The van der Waals surface area contributed by atoms with Crippen LogP contribution in [0.15, 0.2) is 10.7 Å². The zero-order valence-corrected chi connectivity index (χ0v) is 14.1. The first kappa shape index (κ1) is 15.6. The average Bonchev–Trinajstić information content (AvgIpc) is 2.48. The van der Waals surface area contributed by atoms with E-state index in [-0.39, 0.29) is 5.60 Å². The maximum absolute atomic E-state index is 6.01. The van der Waals surface area contributed by atoms with Gasteiger partial charge in [0.15, 0.2) is 0 Å². The molecule has 0 aromatic carbocycles. The predicted octanol–water partition coefficient (Wildman–Crippen LogP) is 3.88. The molecule has 0 aliphatic carbocycles. The molecule has 0 radical (unpaired) electrons. The molecule has 4 nitrogen and oxygen atoms in total. The maximum Gasteiger partial charge on any atom is 0.140 e. The van der Waals surface area contributed by atoms with Crippen molar-refractivity contribution in [1.82, 2.24) is 4.98 Å². The largest absolute Gasteiger partial charge is 0.397 e. The monoisotopic (exact) mass is 341 g/mol. The summed E-state index contributed by atoms with van der Waals surface area (Å²) >= 11 is 3.58. The smallest absolute Gasteiger partial charge is 0.140 e. The molecule has 1 unspecified atom stereocenters. The highest BCUT2D eigenvalue weighted by Crippen LogP contribution is 2.34. The van der Waals surface area contributed by atoms with E-state index in [2.05, 4.69) is 40.1 Å². The second kappa shape index (κ2) is 6.31. The van der Waals surface area contributed by atoms with E-state index in [1.54, 1.807) is 6.20 Å². The summed E-state index contributed by atoms with van der Waals surface area (Å²) in [6.45, 7) is 7.21. The molecule has 2 heterocycles. The summed E-state index contributed by atoms with van der Waals surface area (Å²) in [5.74, 6) is 0.879. The molecular formula is C15H24BrN3O. The Bertz CT molecular complexity index is 474. The molecule has 5 heteroatoms. The van der Waals surface area contributed by atoms with Crippen molar-refractivity contribution in [2.24, 2.45) is 0 Å². The van der Waals surface area contributed by atoms with Gasteiger partial charge in [-0.25, -0.2) is 4.98 Å². The SMILES string of the molecule is CCC1(CC)CC(Nc2ncc(N)c(C)c2Br)CCO1. The van der Waals surface area contributed by atoms with Crippen LogP contribution in [0.2, 0.25) is 0 Å². The van der Waals surface area contributed by atoms with Gasteiger partial charge >= 0.3 is 0 Å². The van der Waals surface area contributed by atoms with Gasteiger partial charge in [0, 0.05) is 12.6 Å². The topological polar surface area (TPSA) is 60.2 Å². The Morgan fingerprint density at radius 3 is 2.85 bits per heavy atom. The molecule has 1 aromatic rings. The van der Waals surface area contributed by atoms with Crippen LogP contribution in [0.5, 0.6) is 0 Å². The number of nitrogen functional groups attached to an aromatic ring is 1. The number of halogens is 1. The Balaban J connectivity index is 2.12. The van der Waals surface area contributed by atoms with Crippen LogP contribution in [-0.4, -0.2) is 23.2 Å². The average molecular weight is 342 g/mol. The maximum atomic E-state index is 6.01. The van der Waals surface area contributed by atoms with Crippen LogP contribution in [0.1, 0.15) is 45.1 Å². The van der Waals surface area contributed by atoms with E-state index in [0.29, 0.717) is 11.7 Å². The van der Waals surface area contributed by atoms with E-state index in [9.17, 15) is 0 Å². The zero-order valence-electron chi connectivity index (χ0n) is 12.5. The molecule has 0 amide bonds. The third kappa shape index (κ3) is 3.09. The molecule has 1 fully saturated rings. The molecule has 3 N–H and O–H groups in total. The van der Waals surface area contributed by atoms with Gasteiger partial charge in [-0.15, -0.1) is 0 Å². The standard InChI is InChI=1S/C15H24BrN3O/c1-4-15(5-2)8-11(6-7-20-15)19-14-13(16)10(3)12(17)9-18-14/h9,11H,4-8,17H2,1-3H3,(H,18,19). The predicted molar refractivity (Wildman–Crippen MR) is 87.0 cm³/mol. The lowest BCUT2D eigenvalue weighted by Gasteiger charge is -2.40. The van der Waals surface area contributed by atoms with E-state index >= 15 is 0 Å². The number of hydrogen-bond donors (Lipinski definition) is 2. The van der Waals surface area contributed by atoms with Crippen LogP contribution in [0, 0.1) is 6.92 Å². The summed E-state index contributed by atoms with van der Waals surface area (Å²) in [4.78, 5) is 4.41. The molecule has 0 bridgehead atoms. The molecule has 20 heavy (non-hydrogen) atoms. The Morgan fingerprint density at radius 1 is 1.50 bits per heavy atom. The summed E-state index contributed by atoms with van der Waals surface area (Å²) in [7, 11) is 0. The Labute approximate surface area is 129 Å². The molecule has 1 saturated heterocycles.